The van der Waals surface area contributed by atoms with Gasteiger partial charge in [0.1, 0.15) is 6.04 Å². The summed E-state index contributed by atoms with van der Waals surface area (Å²) in [6.07, 6.45) is 4.87. The van der Waals surface area contributed by atoms with Crippen molar-refractivity contribution in [3.8, 4) is 0 Å². The number of nitrogens with one attached hydrogen (secondary N) is 1. The van der Waals surface area contributed by atoms with E-state index in [0.29, 0.717) is 18.1 Å². The lowest BCUT2D eigenvalue weighted by atomic mass is 9.75. The van der Waals surface area contributed by atoms with E-state index in [-0.39, 0.29) is 12.0 Å². The highest BCUT2D eigenvalue weighted by Gasteiger charge is 2.33. The summed E-state index contributed by atoms with van der Waals surface area (Å²) in [5.74, 6) is 0.716. The fourth-order valence-corrected chi connectivity index (χ4v) is 3.21. The maximum absolute atomic E-state index is 12.1. The van der Waals surface area contributed by atoms with Crippen molar-refractivity contribution in [1.82, 2.24) is 10.2 Å². The lowest BCUT2D eigenvalue weighted by Gasteiger charge is -2.39. The van der Waals surface area contributed by atoms with Gasteiger partial charge < -0.3 is 15.0 Å². The summed E-state index contributed by atoms with van der Waals surface area (Å²) in [5.41, 5.74) is 0.402. The normalized spacial score (nSPS) is 23.0. The zero-order valence-electron chi connectivity index (χ0n) is 14.2. The monoisotopic (exact) mass is 296 g/mol. The second kappa shape index (κ2) is 7.10. The summed E-state index contributed by atoms with van der Waals surface area (Å²) in [6.45, 7) is 12.4. The molecular formula is C17H32N2O2. The van der Waals surface area contributed by atoms with Crippen LogP contribution in [0.3, 0.4) is 0 Å². The Hall–Kier alpha value is -0.610. The molecule has 1 saturated carbocycles. The van der Waals surface area contributed by atoms with Crippen LogP contribution in [0, 0.1) is 11.3 Å². The van der Waals surface area contributed by atoms with Gasteiger partial charge in [0.2, 0.25) is 0 Å². The van der Waals surface area contributed by atoms with Crippen LogP contribution < -0.4 is 5.32 Å². The Bertz CT molecular complexity index is 339. The molecule has 1 aliphatic heterocycles. The van der Waals surface area contributed by atoms with Gasteiger partial charge in [-0.3, -0.25) is 4.79 Å². The van der Waals surface area contributed by atoms with Crippen molar-refractivity contribution in [3.05, 3.63) is 0 Å². The first-order valence-electron chi connectivity index (χ1n) is 8.55. The van der Waals surface area contributed by atoms with E-state index >= 15 is 0 Å². The number of piperidine rings is 1. The van der Waals surface area contributed by atoms with Crippen LogP contribution in [0.1, 0.15) is 53.4 Å². The molecule has 1 unspecified atom stereocenters. The number of likely N-dealkylation sites (tertiary alicyclic amines) is 1. The van der Waals surface area contributed by atoms with Gasteiger partial charge in [0.15, 0.2) is 0 Å². The van der Waals surface area contributed by atoms with E-state index in [2.05, 4.69) is 31.0 Å². The molecule has 0 radical (unpaired) electrons. The fraction of sp³-hybridized carbons (Fsp3) is 0.941. The second-order valence-corrected chi connectivity index (χ2v) is 7.69. The van der Waals surface area contributed by atoms with Gasteiger partial charge in [-0.1, -0.05) is 20.8 Å². The molecule has 1 saturated heterocycles. The third-order valence-electron chi connectivity index (χ3n) is 4.84. The van der Waals surface area contributed by atoms with Crippen LogP contribution in [0.15, 0.2) is 0 Å². The first-order chi connectivity index (χ1) is 9.90. The van der Waals surface area contributed by atoms with Gasteiger partial charge in [0.25, 0.3) is 0 Å². The highest BCUT2D eigenvalue weighted by Crippen LogP contribution is 2.34. The van der Waals surface area contributed by atoms with Gasteiger partial charge in [-0.05, 0) is 57.0 Å². The van der Waals surface area contributed by atoms with Crippen LogP contribution in [-0.2, 0) is 9.53 Å². The molecule has 1 N–H and O–H groups in total. The van der Waals surface area contributed by atoms with E-state index < -0.39 is 0 Å². The Morgan fingerprint density at radius 2 is 1.86 bits per heavy atom. The van der Waals surface area contributed by atoms with Gasteiger partial charge in [-0.15, -0.1) is 0 Å². The van der Waals surface area contributed by atoms with Gasteiger partial charge in [-0.25, -0.2) is 0 Å². The lowest BCUT2D eigenvalue weighted by molar-refractivity contribution is -0.146. The molecule has 2 rings (SSSR count). The summed E-state index contributed by atoms with van der Waals surface area (Å²) in [6, 6.07) is 0.384. The first-order valence-corrected chi connectivity index (χ1v) is 8.55. The zero-order chi connectivity index (χ0) is 15.5. The molecule has 0 spiro atoms. The highest BCUT2D eigenvalue weighted by atomic mass is 16.5. The Morgan fingerprint density at radius 3 is 2.33 bits per heavy atom. The summed E-state index contributed by atoms with van der Waals surface area (Å²) < 4.78 is 5.22. The molecule has 4 heteroatoms. The van der Waals surface area contributed by atoms with E-state index in [1.807, 2.05) is 6.92 Å². The molecule has 1 aliphatic carbocycles. The molecule has 0 aromatic rings. The fourth-order valence-electron chi connectivity index (χ4n) is 3.21. The van der Waals surface area contributed by atoms with Gasteiger partial charge in [0.05, 0.1) is 6.61 Å². The molecule has 2 fully saturated rings. The SMILES string of the molecule is CCOC(=O)C(CN1CCC(C(C)(C)C)CC1)NC1CC1. The van der Waals surface area contributed by atoms with Gasteiger partial charge >= 0.3 is 5.97 Å². The third-order valence-corrected chi connectivity index (χ3v) is 4.84. The van der Waals surface area contributed by atoms with Crippen LogP contribution >= 0.6 is 0 Å². The summed E-state index contributed by atoms with van der Waals surface area (Å²) >= 11 is 0. The summed E-state index contributed by atoms with van der Waals surface area (Å²) in [4.78, 5) is 14.5. The predicted molar refractivity (Wildman–Crippen MR) is 85.2 cm³/mol. The zero-order valence-corrected chi connectivity index (χ0v) is 14.2. The molecule has 0 aromatic carbocycles. The van der Waals surface area contributed by atoms with Gasteiger partial charge in [-0.2, -0.15) is 0 Å². The van der Waals surface area contributed by atoms with Crippen molar-refractivity contribution in [2.75, 3.05) is 26.2 Å². The number of esters is 1. The smallest absolute Gasteiger partial charge is 0.324 e. The molecule has 2 aliphatic rings. The molecule has 0 aromatic heterocycles. The lowest BCUT2D eigenvalue weighted by Crippen LogP contribution is -2.50. The Labute approximate surface area is 129 Å². The molecule has 1 heterocycles. The van der Waals surface area contributed by atoms with Crippen molar-refractivity contribution >= 4 is 5.97 Å². The van der Waals surface area contributed by atoms with Crippen LogP contribution in [-0.4, -0.2) is 49.2 Å². The number of nitrogens with zero attached hydrogens (tertiary/aromatic N) is 1. The highest BCUT2D eigenvalue weighted by molar-refractivity contribution is 5.76. The van der Waals surface area contributed by atoms with Crippen molar-refractivity contribution in [1.29, 1.82) is 0 Å². The predicted octanol–water partition coefficient (Wildman–Crippen LogP) is 2.43. The molecule has 4 nitrogen and oxygen atoms in total. The van der Waals surface area contributed by atoms with E-state index in [9.17, 15) is 4.79 Å². The van der Waals surface area contributed by atoms with Crippen LogP contribution in [0.5, 0.6) is 0 Å². The number of carbonyl (C=O) groups excluding carboxylic acids is 1. The second-order valence-electron chi connectivity index (χ2n) is 7.69. The Morgan fingerprint density at radius 1 is 1.24 bits per heavy atom. The quantitative estimate of drug-likeness (QED) is 0.764. The molecular weight excluding hydrogens is 264 g/mol. The van der Waals surface area contributed by atoms with Crippen molar-refractivity contribution in [2.24, 2.45) is 11.3 Å². The van der Waals surface area contributed by atoms with Crippen LogP contribution in [0.2, 0.25) is 0 Å². The maximum Gasteiger partial charge on any atom is 0.324 e. The number of hydrogen-bond donors (Lipinski definition) is 1. The summed E-state index contributed by atoms with van der Waals surface area (Å²) in [5, 5.41) is 3.45. The molecule has 0 amide bonds. The Kier molecular flexibility index (Phi) is 5.67. The van der Waals surface area contributed by atoms with E-state index in [1.54, 1.807) is 0 Å². The molecule has 1 atom stereocenters. The van der Waals surface area contributed by atoms with Crippen molar-refractivity contribution in [2.45, 2.75) is 65.5 Å². The van der Waals surface area contributed by atoms with E-state index in [1.165, 1.54) is 25.7 Å². The standard InChI is InChI=1S/C17H32N2O2/c1-5-21-16(20)15(18-14-6-7-14)12-19-10-8-13(9-11-19)17(2,3)4/h13-15,18H,5-12H2,1-4H3. The topological polar surface area (TPSA) is 41.6 Å². The third kappa shape index (κ3) is 5.26. The minimum absolute atomic E-state index is 0.0812. The largest absolute Gasteiger partial charge is 0.465 e. The first kappa shape index (κ1) is 16.8. The Balaban J connectivity index is 1.82. The van der Waals surface area contributed by atoms with E-state index in [0.717, 1.165) is 25.6 Å². The minimum atomic E-state index is -0.149. The molecule has 0 bridgehead atoms. The average molecular weight is 296 g/mol. The minimum Gasteiger partial charge on any atom is -0.465 e. The number of carbonyl (C=O) groups is 1. The number of ether oxygens (including phenoxy) is 1. The van der Waals surface area contributed by atoms with Crippen LogP contribution in [0.4, 0.5) is 0 Å². The molecule has 122 valence electrons. The number of hydrogen-bond acceptors (Lipinski definition) is 4. The van der Waals surface area contributed by atoms with Crippen molar-refractivity contribution in [3.63, 3.8) is 0 Å². The molecule has 21 heavy (non-hydrogen) atoms. The van der Waals surface area contributed by atoms with Crippen LogP contribution in [0.25, 0.3) is 0 Å². The number of rotatable bonds is 6. The maximum atomic E-state index is 12.1. The van der Waals surface area contributed by atoms with E-state index in [4.69, 9.17) is 4.74 Å². The van der Waals surface area contributed by atoms with Crippen molar-refractivity contribution < 1.29 is 9.53 Å². The summed E-state index contributed by atoms with van der Waals surface area (Å²) in [7, 11) is 0. The van der Waals surface area contributed by atoms with Gasteiger partial charge in [0, 0.05) is 12.6 Å². The average Bonchev–Trinajstić information content (AvgIpc) is 3.22.